The number of ether oxygens (including phenoxy) is 1. The van der Waals surface area contributed by atoms with Gasteiger partial charge in [0.25, 0.3) is 0 Å². The number of carboxylic acid groups (broad SMARTS) is 1. The first kappa shape index (κ1) is 23.7. The zero-order valence-corrected chi connectivity index (χ0v) is 19.6. The molecule has 1 aliphatic carbocycles. The maximum absolute atomic E-state index is 14.4. The monoisotopic (exact) mass is 493 g/mol. The van der Waals surface area contributed by atoms with E-state index in [2.05, 4.69) is 15.3 Å². The Balaban J connectivity index is 1.52. The van der Waals surface area contributed by atoms with Crippen LogP contribution in [0.2, 0.25) is 0 Å². The molecular weight excluding hydrogens is 468 g/mol. The molecule has 2 aromatic heterocycles. The number of nitrogens with one attached hydrogen (secondary N) is 1. The quantitative estimate of drug-likeness (QED) is 0.362. The van der Waals surface area contributed by atoms with Crippen LogP contribution in [0, 0.1) is 17.6 Å². The molecule has 2 aromatic carbocycles. The smallest absolute Gasteiger partial charge is 0.306 e. The standard InChI is InChI=1S/C26H25F2N5O3/c1-36-19-9-2-15(3-10-19)12-23-29-14-22-24(32-23)33(18-7-4-16(5-8-18)25(34)35)26(31-22)30-21-11-6-17(27)13-20(21)28/h2-3,6,9-11,13-14,16,18H,4-5,7-8,12H2,1H3,(H,30,31)(H,34,35). The molecule has 5 rings (SSSR count). The van der Waals surface area contributed by atoms with Crippen molar-refractivity contribution in [2.75, 3.05) is 12.4 Å². The summed E-state index contributed by atoms with van der Waals surface area (Å²) in [5, 5.41) is 12.4. The number of anilines is 2. The van der Waals surface area contributed by atoms with Gasteiger partial charge >= 0.3 is 5.97 Å². The van der Waals surface area contributed by atoms with Crippen LogP contribution < -0.4 is 10.1 Å². The molecular formula is C26H25F2N5O3. The average Bonchev–Trinajstić information content (AvgIpc) is 3.23. The Kier molecular flexibility index (Phi) is 6.49. The van der Waals surface area contributed by atoms with Crippen molar-refractivity contribution < 1.29 is 23.4 Å². The van der Waals surface area contributed by atoms with Crippen molar-refractivity contribution in [3.05, 3.63) is 71.7 Å². The molecule has 1 aliphatic rings. The van der Waals surface area contributed by atoms with Crippen molar-refractivity contribution >= 4 is 28.8 Å². The molecule has 4 aromatic rings. The van der Waals surface area contributed by atoms with Crippen LogP contribution in [-0.4, -0.2) is 37.7 Å². The highest BCUT2D eigenvalue weighted by atomic mass is 19.1. The van der Waals surface area contributed by atoms with E-state index < -0.39 is 17.6 Å². The average molecular weight is 494 g/mol. The van der Waals surface area contributed by atoms with Crippen LogP contribution in [-0.2, 0) is 11.2 Å². The number of rotatable bonds is 7. The Morgan fingerprint density at radius 1 is 1.11 bits per heavy atom. The summed E-state index contributed by atoms with van der Waals surface area (Å²) in [5.74, 6) is -0.893. The Morgan fingerprint density at radius 2 is 1.86 bits per heavy atom. The summed E-state index contributed by atoms with van der Waals surface area (Å²) in [5.41, 5.74) is 2.20. The maximum Gasteiger partial charge on any atom is 0.306 e. The molecule has 0 aliphatic heterocycles. The molecule has 0 radical (unpaired) electrons. The van der Waals surface area contributed by atoms with E-state index in [1.54, 1.807) is 13.3 Å². The van der Waals surface area contributed by atoms with E-state index in [1.807, 2.05) is 28.8 Å². The van der Waals surface area contributed by atoms with Gasteiger partial charge in [0.2, 0.25) is 5.95 Å². The number of benzene rings is 2. The molecule has 186 valence electrons. The lowest BCUT2D eigenvalue weighted by molar-refractivity contribution is -0.143. The van der Waals surface area contributed by atoms with Crippen molar-refractivity contribution in [1.82, 2.24) is 19.5 Å². The van der Waals surface area contributed by atoms with E-state index in [0.717, 1.165) is 17.4 Å². The van der Waals surface area contributed by atoms with E-state index in [0.29, 0.717) is 55.0 Å². The second-order valence-electron chi connectivity index (χ2n) is 8.92. The zero-order valence-electron chi connectivity index (χ0n) is 19.6. The predicted molar refractivity (Wildman–Crippen MR) is 129 cm³/mol. The molecule has 0 amide bonds. The lowest BCUT2D eigenvalue weighted by Gasteiger charge is -2.28. The Labute approximate surface area is 206 Å². The number of aromatic nitrogens is 4. The highest BCUT2D eigenvalue weighted by Gasteiger charge is 2.30. The molecule has 0 atom stereocenters. The number of hydrogen-bond donors (Lipinski definition) is 2. The summed E-state index contributed by atoms with van der Waals surface area (Å²) in [6.07, 6.45) is 4.39. The molecule has 2 N–H and O–H groups in total. The van der Waals surface area contributed by atoms with Gasteiger partial charge in [-0.15, -0.1) is 0 Å². The lowest BCUT2D eigenvalue weighted by atomic mass is 9.86. The minimum atomic E-state index is -0.792. The largest absolute Gasteiger partial charge is 0.497 e. The van der Waals surface area contributed by atoms with Gasteiger partial charge in [-0.2, -0.15) is 0 Å². The van der Waals surface area contributed by atoms with Crippen molar-refractivity contribution in [1.29, 1.82) is 0 Å². The van der Waals surface area contributed by atoms with Crippen molar-refractivity contribution in [3.63, 3.8) is 0 Å². The van der Waals surface area contributed by atoms with Gasteiger partial charge in [0.1, 0.15) is 28.7 Å². The summed E-state index contributed by atoms with van der Waals surface area (Å²) >= 11 is 0. The van der Waals surface area contributed by atoms with Crippen LogP contribution in [0.25, 0.3) is 11.2 Å². The van der Waals surface area contributed by atoms with E-state index in [9.17, 15) is 18.7 Å². The fraction of sp³-hybridized carbons (Fsp3) is 0.308. The summed E-state index contributed by atoms with van der Waals surface area (Å²) in [6, 6.07) is 10.8. The van der Waals surface area contributed by atoms with Gasteiger partial charge in [-0.25, -0.2) is 23.7 Å². The number of fused-ring (bicyclic) bond motifs is 1. The van der Waals surface area contributed by atoms with E-state index in [1.165, 1.54) is 12.1 Å². The Morgan fingerprint density at radius 3 is 2.53 bits per heavy atom. The molecule has 2 heterocycles. The Bertz CT molecular complexity index is 1400. The highest BCUT2D eigenvalue weighted by Crippen LogP contribution is 2.37. The van der Waals surface area contributed by atoms with Gasteiger partial charge in [0.15, 0.2) is 5.65 Å². The molecule has 0 saturated heterocycles. The number of imidazole rings is 1. The fourth-order valence-corrected chi connectivity index (χ4v) is 4.66. The van der Waals surface area contributed by atoms with Crippen LogP contribution >= 0.6 is 0 Å². The molecule has 1 saturated carbocycles. The van der Waals surface area contributed by atoms with Crippen LogP contribution in [0.15, 0.2) is 48.7 Å². The normalized spacial score (nSPS) is 17.8. The molecule has 10 heteroatoms. The van der Waals surface area contributed by atoms with Gasteiger partial charge in [0.05, 0.1) is 24.9 Å². The molecule has 1 fully saturated rings. The first-order chi connectivity index (χ1) is 17.4. The second kappa shape index (κ2) is 9.88. The topological polar surface area (TPSA) is 102 Å². The number of methoxy groups -OCH3 is 1. The number of hydrogen-bond acceptors (Lipinski definition) is 6. The lowest BCUT2D eigenvalue weighted by Crippen LogP contribution is -2.24. The van der Waals surface area contributed by atoms with Crippen LogP contribution in [0.5, 0.6) is 5.75 Å². The van der Waals surface area contributed by atoms with Crippen LogP contribution in [0.3, 0.4) is 0 Å². The number of carboxylic acids is 1. The van der Waals surface area contributed by atoms with Crippen LogP contribution in [0.1, 0.15) is 43.1 Å². The third-order valence-corrected chi connectivity index (χ3v) is 6.59. The molecule has 0 bridgehead atoms. The third-order valence-electron chi connectivity index (χ3n) is 6.59. The van der Waals surface area contributed by atoms with Crippen LogP contribution in [0.4, 0.5) is 20.4 Å². The predicted octanol–water partition coefficient (Wildman–Crippen LogP) is 5.26. The maximum atomic E-state index is 14.4. The van der Waals surface area contributed by atoms with Gasteiger partial charge in [0, 0.05) is 18.5 Å². The number of aliphatic carboxylic acids is 1. The molecule has 0 spiro atoms. The highest BCUT2D eigenvalue weighted by molar-refractivity contribution is 5.76. The van der Waals surface area contributed by atoms with E-state index >= 15 is 0 Å². The Hall–Kier alpha value is -4.08. The van der Waals surface area contributed by atoms with Gasteiger partial charge in [-0.1, -0.05) is 12.1 Å². The van der Waals surface area contributed by atoms with Crippen molar-refractivity contribution in [2.24, 2.45) is 5.92 Å². The molecule has 0 unspecified atom stereocenters. The second-order valence-corrected chi connectivity index (χ2v) is 8.92. The first-order valence-corrected chi connectivity index (χ1v) is 11.7. The summed E-state index contributed by atoms with van der Waals surface area (Å²) in [4.78, 5) is 25.3. The molecule has 8 nitrogen and oxygen atoms in total. The van der Waals surface area contributed by atoms with Gasteiger partial charge in [-0.3, -0.25) is 9.36 Å². The number of nitrogens with zero attached hydrogens (tertiary/aromatic N) is 4. The van der Waals surface area contributed by atoms with E-state index in [-0.39, 0.29) is 17.6 Å². The summed E-state index contributed by atoms with van der Waals surface area (Å²) < 4.78 is 35.0. The molecule has 36 heavy (non-hydrogen) atoms. The van der Waals surface area contributed by atoms with Crippen molar-refractivity contribution in [3.8, 4) is 5.75 Å². The number of halogens is 2. The van der Waals surface area contributed by atoms with E-state index in [4.69, 9.17) is 9.72 Å². The minimum Gasteiger partial charge on any atom is -0.497 e. The SMILES string of the molecule is COc1ccc(Cc2ncc3nc(Nc4ccc(F)cc4F)n(C4CCC(C(=O)O)CC4)c3n2)cc1. The minimum absolute atomic E-state index is 0.0820. The first-order valence-electron chi connectivity index (χ1n) is 11.7. The zero-order chi connectivity index (χ0) is 25.2. The third kappa shape index (κ3) is 4.84. The van der Waals surface area contributed by atoms with Crippen molar-refractivity contribution in [2.45, 2.75) is 38.1 Å². The summed E-state index contributed by atoms with van der Waals surface area (Å²) in [7, 11) is 1.61. The number of carbonyl (C=O) groups is 1. The fourth-order valence-electron chi connectivity index (χ4n) is 4.66. The van der Waals surface area contributed by atoms with Gasteiger partial charge < -0.3 is 15.2 Å². The summed E-state index contributed by atoms with van der Waals surface area (Å²) in [6.45, 7) is 0. The van der Waals surface area contributed by atoms with Gasteiger partial charge in [-0.05, 0) is 55.5 Å².